The lowest BCUT2D eigenvalue weighted by Gasteiger charge is -2.29. The van der Waals surface area contributed by atoms with Gasteiger partial charge in [-0.2, -0.15) is 0 Å². The maximum absolute atomic E-state index is 3.41. The minimum absolute atomic E-state index is 0.696. The van der Waals surface area contributed by atoms with Crippen molar-refractivity contribution in [3.05, 3.63) is 0 Å². The van der Waals surface area contributed by atoms with Gasteiger partial charge in [-0.15, -0.1) is 0 Å². The lowest BCUT2D eigenvalue weighted by atomic mass is 9.80. The van der Waals surface area contributed by atoms with E-state index in [0.29, 0.717) is 6.04 Å². The van der Waals surface area contributed by atoms with E-state index in [4.69, 9.17) is 0 Å². The SMILES string of the molecule is CCC(CC1CCCCC1)C(C)NC. The van der Waals surface area contributed by atoms with Gasteiger partial charge in [-0.25, -0.2) is 0 Å². The van der Waals surface area contributed by atoms with Gasteiger partial charge in [0.15, 0.2) is 0 Å². The molecule has 0 radical (unpaired) electrons. The van der Waals surface area contributed by atoms with Gasteiger partial charge in [0, 0.05) is 6.04 Å². The van der Waals surface area contributed by atoms with E-state index >= 15 is 0 Å². The maximum atomic E-state index is 3.41. The molecule has 1 nitrogen and oxygen atoms in total. The van der Waals surface area contributed by atoms with Crippen LogP contribution < -0.4 is 5.32 Å². The fourth-order valence-electron chi connectivity index (χ4n) is 2.81. The highest BCUT2D eigenvalue weighted by atomic mass is 14.9. The number of hydrogen-bond donors (Lipinski definition) is 1. The highest BCUT2D eigenvalue weighted by Gasteiger charge is 2.20. The molecule has 0 aromatic heterocycles. The molecule has 0 aromatic carbocycles. The summed E-state index contributed by atoms with van der Waals surface area (Å²) in [7, 11) is 2.09. The summed E-state index contributed by atoms with van der Waals surface area (Å²) in [4.78, 5) is 0. The third-order valence-corrected chi connectivity index (χ3v) is 4.05. The van der Waals surface area contributed by atoms with Crippen molar-refractivity contribution in [1.29, 1.82) is 0 Å². The van der Waals surface area contributed by atoms with Crippen molar-refractivity contribution in [2.75, 3.05) is 7.05 Å². The van der Waals surface area contributed by atoms with Crippen molar-refractivity contribution in [2.45, 2.75) is 64.8 Å². The minimum Gasteiger partial charge on any atom is -0.317 e. The highest BCUT2D eigenvalue weighted by molar-refractivity contribution is 4.75. The Bertz CT molecular complexity index is 138. The average molecular weight is 197 g/mol. The molecule has 1 rings (SSSR count). The molecule has 2 unspecified atom stereocenters. The molecule has 0 bridgehead atoms. The van der Waals surface area contributed by atoms with Gasteiger partial charge in [0.1, 0.15) is 0 Å². The van der Waals surface area contributed by atoms with Crippen molar-refractivity contribution >= 4 is 0 Å². The van der Waals surface area contributed by atoms with Crippen LogP contribution in [0.4, 0.5) is 0 Å². The Kier molecular flexibility index (Phi) is 5.54. The summed E-state index contributed by atoms with van der Waals surface area (Å²) >= 11 is 0. The molecule has 1 fully saturated rings. The van der Waals surface area contributed by atoms with Crippen LogP contribution >= 0.6 is 0 Å². The Morgan fingerprint density at radius 2 is 1.86 bits per heavy atom. The molecule has 0 spiro atoms. The van der Waals surface area contributed by atoms with Crippen molar-refractivity contribution in [2.24, 2.45) is 11.8 Å². The first-order valence-corrected chi connectivity index (χ1v) is 6.45. The van der Waals surface area contributed by atoms with Gasteiger partial charge in [-0.1, -0.05) is 45.4 Å². The highest BCUT2D eigenvalue weighted by Crippen LogP contribution is 2.31. The quantitative estimate of drug-likeness (QED) is 0.710. The standard InChI is InChI=1S/C13H27N/c1-4-13(11(2)14-3)10-12-8-6-5-7-9-12/h11-14H,4-10H2,1-3H3. The molecular formula is C13H27N. The van der Waals surface area contributed by atoms with Crippen LogP contribution in [0.15, 0.2) is 0 Å². The first-order chi connectivity index (χ1) is 6.77. The molecule has 1 aliphatic rings. The molecule has 14 heavy (non-hydrogen) atoms. The normalized spacial score (nSPS) is 23.4. The zero-order chi connectivity index (χ0) is 10.4. The van der Waals surface area contributed by atoms with Crippen molar-refractivity contribution in [3.63, 3.8) is 0 Å². The van der Waals surface area contributed by atoms with Crippen molar-refractivity contribution in [1.82, 2.24) is 5.32 Å². The summed E-state index contributed by atoms with van der Waals surface area (Å²) in [5.74, 6) is 1.92. The Morgan fingerprint density at radius 1 is 1.21 bits per heavy atom. The van der Waals surface area contributed by atoms with Gasteiger partial charge in [-0.05, 0) is 32.2 Å². The monoisotopic (exact) mass is 197 g/mol. The van der Waals surface area contributed by atoms with Crippen LogP contribution in [-0.2, 0) is 0 Å². The second-order valence-electron chi connectivity index (χ2n) is 4.99. The zero-order valence-corrected chi connectivity index (χ0v) is 10.2. The fourth-order valence-corrected chi connectivity index (χ4v) is 2.81. The molecular weight excluding hydrogens is 170 g/mol. The second kappa shape index (κ2) is 6.44. The van der Waals surface area contributed by atoms with Gasteiger partial charge in [0.2, 0.25) is 0 Å². The van der Waals surface area contributed by atoms with E-state index in [0.717, 1.165) is 11.8 Å². The van der Waals surface area contributed by atoms with Crippen LogP contribution in [0, 0.1) is 11.8 Å². The van der Waals surface area contributed by atoms with Crippen LogP contribution in [0.3, 0.4) is 0 Å². The molecule has 0 amide bonds. The van der Waals surface area contributed by atoms with Crippen LogP contribution in [0.1, 0.15) is 58.8 Å². The van der Waals surface area contributed by atoms with E-state index in [9.17, 15) is 0 Å². The van der Waals surface area contributed by atoms with E-state index in [1.807, 2.05) is 0 Å². The molecule has 1 heteroatoms. The Morgan fingerprint density at radius 3 is 2.36 bits per heavy atom. The number of hydrogen-bond acceptors (Lipinski definition) is 1. The first-order valence-electron chi connectivity index (χ1n) is 6.45. The van der Waals surface area contributed by atoms with Crippen LogP contribution in [0.25, 0.3) is 0 Å². The molecule has 1 aliphatic carbocycles. The predicted molar refractivity (Wildman–Crippen MR) is 63.5 cm³/mol. The van der Waals surface area contributed by atoms with Gasteiger partial charge in [0.05, 0.1) is 0 Å². The summed E-state index contributed by atoms with van der Waals surface area (Å²) in [6, 6.07) is 0.696. The van der Waals surface area contributed by atoms with Crippen LogP contribution in [0.5, 0.6) is 0 Å². The maximum Gasteiger partial charge on any atom is 0.00639 e. The van der Waals surface area contributed by atoms with Gasteiger partial charge < -0.3 is 5.32 Å². The average Bonchev–Trinajstić information content (AvgIpc) is 2.26. The van der Waals surface area contributed by atoms with Crippen molar-refractivity contribution < 1.29 is 0 Å². The zero-order valence-electron chi connectivity index (χ0n) is 10.2. The van der Waals surface area contributed by atoms with E-state index < -0.39 is 0 Å². The number of nitrogens with one attached hydrogen (secondary N) is 1. The lowest BCUT2D eigenvalue weighted by Crippen LogP contribution is -2.31. The molecule has 1 N–H and O–H groups in total. The summed E-state index contributed by atoms with van der Waals surface area (Å²) < 4.78 is 0. The van der Waals surface area contributed by atoms with Gasteiger partial charge in [0.25, 0.3) is 0 Å². The largest absolute Gasteiger partial charge is 0.317 e. The van der Waals surface area contributed by atoms with Crippen LogP contribution in [0.2, 0.25) is 0 Å². The summed E-state index contributed by atoms with van der Waals surface area (Å²) in [6.45, 7) is 4.67. The second-order valence-corrected chi connectivity index (χ2v) is 4.99. The van der Waals surface area contributed by atoms with Crippen molar-refractivity contribution in [3.8, 4) is 0 Å². The minimum atomic E-state index is 0.696. The fraction of sp³-hybridized carbons (Fsp3) is 1.00. The van der Waals surface area contributed by atoms with Gasteiger partial charge in [-0.3, -0.25) is 0 Å². The summed E-state index contributed by atoms with van der Waals surface area (Å²) in [5.41, 5.74) is 0. The van der Waals surface area contributed by atoms with Crippen LogP contribution in [-0.4, -0.2) is 13.1 Å². The summed E-state index contributed by atoms with van der Waals surface area (Å²) in [5, 5.41) is 3.41. The molecule has 0 aliphatic heterocycles. The molecule has 1 saturated carbocycles. The Balaban J connectivity index is 2.30. The third-order valence-electron chi connectivity index (χ3n) is 4.05. The van der Waals surface area contributed by atoms with E-state index in [1.165, 1.54) is 44.9 Å². The lowest BCUT2D eigenvalue weighted by molar-refractivity contribution is 0.251. The molecule has 84 valence electrons. The van der Waals surface area contributed by atoms with E-state index in [-0.39, 0.29) is 0 Å². The molecule has 0 heterocycles. The van der Waals surface area contributed by atoms with Gasteiger partial charge >= 0.3 is 0 Å². The Hall–Kier alpha value is -0.0400. The van der Waals surface area contributed by atoms with E-state index in [1.54, 1.807) is 0 Å². The molecule has 2 atom stereocenters. The molecule has 0 saturated heterocycles. The summed E-state index contributed by atoms with van der Waals surface area (Å²) in [6.07, 6.45) is 10.2. The topological polar surface area (TPSA) is 12.0 Å². The first kappa shape index (κ1) is 12.0. The number of rotatable bonds is 5. The molecule has 0 aromatic rings. The smallest absolute Gasteiger partial charge is 0.00639 e. The third kappa shape index (κ3) is 3.61. The predicted octanol–water partition coefficient (Wildman–Crippen LogP) is 3.59. The van der Waals surface area contributed by atoms with E-state index in [2.05, 4.69) is 26.2 Å². The Labute approximate surface area is 89.7 Å².